The van der Waals surface area contributed by atoms with Gasteiger partial charge in [-0.15, -0.1) is 11.3 Å². The van der Waals surface area contributed by atoms with Crippen LogP contribution in [-0.4, -0.2) is 89.5 Å². The molecule has 3 heterocycles. The molecule has 2 aliphatic heterocycles. The number of hydrogen-bond donors (Lipinski definition) is 6. The number of benzene rings is 1. The van der Waals surface area contributed by atoms with Gasteiger partial charge in [0.1, 0.15) is 29.9 Å². The van der Waals surface area contributed by atoms with E-state index < -0.39 is 33.7 Å². The summed E-state index contributed by atoms with van der Waals surface area (Å²) in [6.07, 6.45) is 0. The molecular formula is C22H29N9O7S2. The largest absolute Gasteiger partial charge is 0.490 e. The fourth-order valence-corrected chi connectivity index (χ4v) is 5.63. The minimum atomic E-state index is -4.80. The number of nitrogens with zero attached hydrogens (tertiary/aromatic N) is 4. The van der Waals surface area contributed by atoms with E-state index in [4.69, 9.17) is 21.0 Å². The van der Waals surface area contributed by atoms with E-state index in [0.717, 1.165) is 16.9 Å². The Morgan fingerprint density at radius 3 is 2.52 bits per heavy atom. The Bertz CT molecular complexity index is 1420. The van der Waals surface area contributed by atoms with Crippen LogP contribution in [0.3, 0.4) is 0 Å². The molecule has 2 saturated heterocycles. The third-order valence-electron chi connectivity index (χ3n) is 6.03. The fourth-order valence-electron chi connectivity index (χ4n) is 4.05. The molecule has 40 heavy (non-hydrogen) atoms. The van der Waals surface area contributed by atoms with E-state index >= 15 is 0 Å². The maximum Gasteiger partial charge on any atom is 0.362 e. The molecule has 2 aliphatic rings. The number of ether oxygens (including phenoxy) is 1. The normalized spacial score (nSPS) is 19.8. The quantitative estimate of drug-likeness (QED) is 0.0440. The number of amidine groups is 1. The number of hydrogen-bond acceptors (Lipinski definition) is 13. The van der Waals surface area contributed by atoms with Crippen LogP contribution in [-0.2, 0) is 24.7 Å². The molecule has 4 rings (SSSR count). The molecule has 0 aliphatic carbocycles. The number of nitrogen functional groups attached to an aromatic ring is 1. The van der Waals surface area contributed by atoms with Crippen molar-refractivity contribution in [1.82, 2.24) is 25.5 Å². The summed E-state index contributed by atoms with van der Waals surface area (Å²) in [5, 5.41) is 7.92. The molecule has 1 aromatic carbocycles. The van der Waals surface area contributed by atoms with Crippen LogP contribution in [0, 0.1) is 0 Å². The van der Waals surface area contributed by atoms with Crippen LogP contribution in [0.1, 0.15) is 25.1 Å². The van der Waals surface area contributed by atoms with Crippen LogP contribution in [0.4, 0.5) is 5.13 Å². The van der Waals surface area contributed by atoms with Gasteiger partial charge in [0.15, 0.2) is 17.5 Å². The Morgan fingerprint density at radius 1 is 1.27 bits per heavy atom. The average molecular weight is 596 g/mol. The highest BCUT2D eigenvalue weighted by atomic mass is 32.2. The lowest BCUT2D eigenvalue weighted by molar-refractivity contribution is -0.151. The number of anilines is 1. The Hall–Kier alpha value is -3.84. The standard InChI is InChI=1S/C22H29N9O7S2/c1-22(2)17(20(33)31(22)40(34,35)36)29-19(32)16(15-11-39-21(24)28-15)30-38-8-7-37-14-5-3-12(4-6-14)18(23)27-13-9-25-26-10-13/h3-6,11,13,17,25-26H,7-10H2,1-2H3,(H2,23,27)(H2,24,28)(H,29,32)(H,34,35,36)/b30-16-/t17-/m1/s1. The molecule has 8 N–H and O–H groups in total. The predicted octanol–water partition coefficient (Wildman–Crippen LogP) is -1.38. The lowest BCUT2D eigenvalue weighted by Gasteiger charge is -2.50. The smallest absolute Gasteiger partial charge is 0.362 e. The second kappa shape index (κ2) is 11.7. The van der Waals surface area contributed by atoms with Gasteiger partial charge in [-0.2, -0.15) is 8.42 Å². The molecular weight excluding hydrogens is 566 g/mol. The van der Waals surface area contributed by atoms with Gasteiger partial charge in [-0.1, -0.05) is 5.16 Å². The number of hydrazine groups is 1. The third-order valence-corrected chi connectivity index (χ3v) is 7.82. The topological polar surface area (TPSA) is 236 Å². The van der Waals surface area contributed by atoms with Crippen LogP contribution in [0.5, 0.6) is 5.75 Å². The van der Waals surface area contributed by atoms with E-state index in [2.05, 4.69) is 31.3 Å². The van der Waals surface area contributed by atoms with Gasteiger partial charge in [0.2, 0.25) is 0 Å². The Kier molecular flexibility index (Phi) is 8.54. The Balaban J connectivity index is 1.34. The molecule has 18 heteroatoms. The fraction of sp³-hybridized carbons (Fsp3) is 0.409. The summed E-state index contributed by atoms with van der Waals surface area (Å²) in [4.78, 5) is 39.1. The maximum absolute atomic E-state index is 13.0. The average Bonchev–Trinajstić information content (AvgIpc) is 3.55. The monoisotopic (exact) mass is 595 g/mol. The highest BCUT2D eigenvalue weighted by Crippen LogP contribution is 2.34. The summed E-state index contributed by atoms with van der Waals surface area (Å²) < 4.78 is 38.2. The lowest BCUT2D eigenvalue weighted by Crippen LogP contribution is -2.77. The van der Waals surface area contributed by atoms with E-state index in [1.54, 1.807) is 24.3 Å². The zero-order valence-corrected chi connectivity index (χ0v) is 23.2. The van der Waals surface area contributed by atoms with E-state index in [1.807, 2.05) is 0 Å². The second-order valence-corrected chi connectivity index (χ2v) is 11.4. The van der Waals surface area contributed by atoms with Crippen LogP contribution in [0.2, 0.25) is 0 Å². The molecule has 1 atom stereocenters. The summed E-state index contributed by atoms with van der Waals surface area (Å²) in [5.41, 5.74) is 16.9. The number of aromatic nitrogens is 1. The molecule has 2 amide bonds. The number of aliphatic imine (C=N–C) groups is 1. The van der Waals surface area contributed by atoms with Crippen LogP contribution in [0.25, 0.3) is 0 Å². The van der Waals surface area contributed by atoms with Gasteiger partial charge in [0.25, 0.3) is 11.8 Å². The van der Waals surface area contributed by atoms with Crippen molar-refractivity contribution in [3.05, 3.63) is 40.9 Å². The molecule has 0 radical (unpaired) electrons. The lowest BCUT2D eigenvalue weighted by atomic mass is 9.85. The van der Waals surface area contributed by atoms with Crippen molar-refractivity contribution < 1.29 is 32.1 Å². The van der Waals surface area contributed by atoms with E-state index in [1.165, 1.54) is 19.2 Å². The Labute approximate surface area is 233 Å². The van der Waals surface area contributed by atoms with Gasteiger partial charge in [0.05, 0.1) is 11.6 Å². The zero-order chi connectivity index (χ0) is 29.1. The summed E-state index contributed by atoms with van der Waals surface area (Å²) in [6.45, 7) is 4.18. The van der Waals surface area contributed by atoms with Crippen molar-refractivity contribution in [2.75, 3.05) is 32.0 Å². The van der Waals surface area contributed by atoms with E-state index in [0.29, 0.717) is 24.7 Å². The van der Waals surface area contributed by atoms with Crippen molar-refractivity contribution in [3.63, 3.8) is 0 Å². The molecule has 1 aromatic heterocycles. The molecule has 0 saturated carbocycles. The first-order chi connectivity index (χ1) is 18.9. The number of nitrogens with two attached hydrogens (primary N) is 2. The van der Waals surface area contributed by atoms with Crippen molar-refractivity contribution in [2.45, 2.75) is 31.5 Å². The molecule has 216 valence electrons. The molecule has 0 spiro atoms. The van der Waals surface area contributed by atoms with Gasteiger partial charge in [-0.25, -0.2) is 9.29 Å². The first-order valence-electron chi connectivity index (χ1n) is 11.9. The van der Waals surface area contributed by atoms with Crippen LogP contribution >= 0.6 is 11.3 Å². The number of rotatable bonds is 11. The zero-order valence-electron chi connectivity index (χ0n) is 21.5. The van der Waals surface area contributed by atoms with Gasteiger partial charge in [-0.3, -0.25) is 30.0 Å². The van der Waals surface area contributed by atoms with Gasteiger partial charge < -0.3 is 26.4 Å². The highest BCUT2D eigenvalue weighted by molar-refractivity contribution is 7.84. The molecule has 2 aromatic rings. The summed E-state index contributed by atoms with van der Waals surface area (Å²) in [7, 11) is -4.80. The van der Waals surface area contributed by atoms with Gasteiger partial charge in [0, 0.05) is 24.0 Å². The second-order valence-electron chi connectivity index (χ2n) is 9.29. The van der Waals surface area contributed by atoms with Crippen molar-refractivity contribution in [1.29, 1.82) is 0 Å². The highest BCUT2D eigenvalue weighted by Gasteiger charge is 2.60. The summed E-state index contributed by atoms with van der Waals surface area (Å²) in [5.74, 6) is -0.885. The Morgan fingerprint density at radius 2 is 1.95 bits per heavy atom. The van der Waals surface area contributed by atoms with Crippen molar-refractivity contribution in [3.8, 4) is 5.75 Å². The number of β-lactam (4-membered cyclic amide) rings is 1. The predicted molar refractivity (Wildman–Crippen MR) is 146 cm³/mol. The summed E-state index contributed by atoms with van der Waals surface area (Å²) in [6, 6.07) is 5.84. The molecule has 16 nitrogen and oxygen atoms in total. The molecule has 0 unspecified atom stereocenters. The number of thiazole rings is 1. The minimum Gasteiger partial charge on any atom is -0.490 e. The maximum atomic E-state index is 13.0. The molecule has 2 fully saturated rings. The molecule has 0 bridgehead atoms. The first kappa shape index (κ1) is 29.2. The minimum absolute atomic E-state index is 0.0478. The third kappa shape index (κ3) is 6.48. The van der Waals surface area contributed by atoms with Gasteiger partial charge in [-0.05, 0) is 38.1 Å². The number of carbonyl (C=O) groups is 2. The number of nitrogens with one attached hydrogen (secondary N) is 3. The van der Waals surface area contributed by atoms with E-state index in [9.17, 15) is 22.6 Å². The van der Waals surface area contributed by atoms with E-state index in [-0.39, 0.29) is 40.1 Å². The summed E-state index contributed by atoms with van der Waals surface area (Å²) >= 11 is 1.06. The first-order valence-corrected chi connectivity index (χ1v) is 14.2. The van der Waals surface area contributed by atoms with Crippen molar-refractivity contribution >= 4 is 50.1 Å². The van der Waals surface area contributed by atoms with Crippen molar-refractivity contribution in [2.24, 2.45) is 15.9 Å². The number of oxime groups is 1. The van der Waals surface area contributed by atoms with Crippen LogP contribution in [0.15, 0.2) is 39.8 Å². The number of carbonyl (C=O) groups excluding carboxylic acids is 2. The SMILES string of the molecule is CC1(C)[C@H](NC(=O)/C(=N\OCCOc2ccc(C(N)=NC3CNNC3)cc2)c2csc(N)n2)C(=O)N1S(=O)(=O)O. The number of amides is 2. The van der Waals surface area contributed by atoms with Crippen LogP contribution < -0.4 is 32.4 Å². The van der Waals surface area contributed by atoms with Gasteiger partial charge >= 0.3 is 10.3 Å².